The predicted octanol–water partition coefficient (Wildman–Crippen LogP) is 3.26. The number of amides is 2. The molecule has 1 unspecified atom stereocenters. The van der Waals surface area contributed by atoms with Gasteiger partial charge in [-0.25, -0.2) is 0 Å². The summed E-state index contributed by atoms with van der Waals surface area (Å²) in [7, 11) is 0. The molecule has 1 aromatic heterocycles. The summed E-state index contributed by atoms with van der Waals surface area (Å²) in [5.41, 5.74) is 3.80. The van der Waals surface area contributed by atoms with Crippen LogP contribution in [0.3, 0.4) is 0 Å². The van der Waals surface area contributed by atoms with Crippen molar-refractivity contribution in [2.75, 3.05) is 25.0 Å². The molecule has 3 rings (SSSR count). The van der Waals surface area contributed by atoms with Crippen LogP contribution in [0.4, 0.5) is 5.69 Å². The van der Waals surface area contributed by atoms with E-state index in [2.05, 4.69) is 27.0 Å². The number of carbonyl (C=O) groups excluding carboxylic acids is 2. The number of anilines is 1. The van der Waals surface area contributed by atoms with Gasteiger partial charge in [0.2, 0.25) is 0 Å². The van der Waals surface area contributed by atoms with Crippen LogP contribution in [-0.2, 0) is 9.59 Å². The first kappa shape index (κ1) is 18.6. The number of nitrogens with one attached hydrogen (secondary N) is 2. The minimum Gasteiger partial charge on any atom is -0.346 e. The summed E-state index contributed by atoms with van der Waals surface area (Å²) < 4.78 is 0. The first-order chi connectivity index (χ1) is 12.6. The highest BCUT2D eigenvalue weighted by Crippen LogP contribution is 2.26. The summed E-state index contributed by atoms with van der Waals surface area (Å²) in [5.74, 6) is -1.21. The highest BCUT2D eigenvalue weighted by Gasteiger charge is 2.25. The molecule has 1 aliphatic heterocycles. The molecule has 2 N–H and O–H groups in total. The van der Waals surface area contributed by atoms with Crippen LogP contribution in [-0.4, -0.2) is 36.3 Å². The molecule has 1 aliphatic rings. The lowest BCUT2D eigenvalue weighted by Gasteiger charge is -2.27. The van der Waals surface area contributed by atoms with Gasteiger partial charge in [0.1, 0.15) is 0 Å². The molecule has 0 bridgehead atoms. The summed E-state index contributed by atoms with van der Waals surface area (Å²) in [6, 6.07) is 7.99. The molecule has 1 saturated heterocycles. The first-order valence-electron chi connectivity index (χ1n) is 8.98. The van der Waals surface area contributed by atoms with Gasteiger partial charge in [0.05, 0.1) is 6.04 Å². The topological polar surface area (TPSA) is 61.4 Å². The standard InChI is InChI=1S/C20H25N3O2S/c1-14-6-5-7-15(2)18(14)22-20(25)19(24)21-12-17(16-8-11-26-13-16)23-9-3-4-10-23/h5-8,11,13,17H,3-4,9-10,12H2,1-2H3,(H,21,24)(H,22,25). The predicted molar refractivity (Wildman–Crippen MR) is 105 cm³/mol. The van der Waals surface area contributed by atoms with Gasteiger partial charge in [-0.1, -0.05) is 18.2 Å². The Hall–Kier alpha value is -2.18. The van der Waals surface area contributed by atoms with Gasteiger partial charge in [0.25, 0.3) is 0 Å². The van der Waals surface area contributed by atoms with E-state index in [1.807, 2.05) is 37.4 Å². The third-order valence-electron chi connectivity index (χ3n) is 4.89. The summed E-state index contributed by atoms with van der Waals surface area (Å²) in [4.78, 5) is 27.0. The lowest BCUT2D eigenvalue weighted by atomic mass is 10.1. The SMILES string of the molecule is Cc1cccc(C)c1NC(=O)C(=O)NCC(c1ccsc1)N1CCCC1. The monoisotopic (exact) mass is 371 g/mol. The molecule has 0 saturated carbocycles. The molecule has 0 radical (unpaired) electrons. The quantitative estimate of drug-likeness (QED) is 0.793. The van der Waals surface area contributed by atoms with Gasteiger partial charge in [-0.2, -0.15) is 11.3 Å². The fraction of sp³-hybridized carbons (Fsp3) is 0.400. The average molecular weight is 372 g/mol. The normalized spacial score (nSPS) is 15.6. The van der Waals surface area contributed by atoms with Crippen LogP contribution >= 0.6 is 11.3 Å². The van der Waals surface area contributed by atoms with Crippen LogP contribution in [0.15, 0.2) is 35.0 Å². The van der Waals surface area contributed by atoms with Crippen molar-refractivity contribution >= 4 is 28.8 Å². The van der Waals surface area contributed by atoms with E-state index in [0.29, 0.717) is 12.2 Å². The second-order valence-corrected chi connectivity index (χ2v) is 7.53. The Morgan fingerprint density at radius 3 is 2.42 bits per heavy atom. The maximum atomic E-state index is 12.3. The third-order valence-corrected chi connectivity index (χ3v) is 5.59. The molecule has 0 aliphatic carbocycles. The molecule has 1 aromatic carbocycles. The molecule has 1 atom stereocenters. The van der Waals surface area contributed by atoms with Crippen LogP contribution < -0.4 is 10.6 Å². The maximum absolute atomic E-state index is 12.3. The molecule has 2 amide bonds. The van der Waals surface area contributed by atoms with Crippen molar-refractivity contribution in [1.29, 1.82) is 0 Å². The van der Waals surface area contributed by atoms with E-state index in [4.69, 9.17) is 0 Å². The minimum absolute atomic E-state index is 0.126. The molecular formula is C20H25N3O2S. The molecule has 1 fully saturated rings. The first-order valence-corrected chi connectivity index (χ1v) is 9.92. The second-order valence-electron chi connectivity index (χ2n) is 6.75. The number of hydrogen-bond acceptors (Lipinski definition) is 4. The van der Waals surface area contributed by atoms with Crippen molar-refractivity contribution in [1.82, 2.24) is 10.2 Å². The number of benzene rings is 1. The van der Waals surface area contributed by atoms with E-state index >= 15 is 0 Å². The van der Waals surface area contributed by atoms with Crippen molar-refractivity contribution in [2.24, 2.45) is 0 Å². The Balaban J connectivity index is 1.62. The van der Waals surface area contributed by atoms with Crippen LogP contribution in [0.25, 0.3) is 0 Å². The number of likely N-dealkylation sites (tertiary alicyclic amines) is 1. The number of aryl methyl sites for hydroxylation is 2. The molecule has 2 heterocycles. The Morgan fingerprint density at radius 2 is 1.81 bits per heavy atom. The van der Waals surface area contributed by atoms with Crippen LogP contribution in [0.1, 0.15) is 35.6 Å². The number of thiophene rings is 1. The van der Waals surface area contributed by atoms with Gasteiger partial charge < -0.3 is 10.6 Å². The van der Waals surface area contributed by atoms with Gasteiger partial charge in [-0.15, -0.1) is 0 Å². The zero-order valence-corrected chi connectivity index (χ0v) is 16.1. The molecule has 6 heteroatoms. The molecule has 2 aromatic rings. The van der Waals surface area contributed by atoms with E-state index in [1.165, 1.54) is 18.4 Å². The Bertz CT molecular complexity index is 747. The summed E-state index contributed by atoms with van der Waals surface area (Å²) in [5, 5.41) is 9.73. The second kappa shape index (κ2) is 8.47. The number of carbonyl (C=O) groups is 2. The third kappa shape index (κ3) is 4.31. The highest BCUT2D eigenvalue weighted by molar-refractivity contribution is 7.08. The average Bonchev–Trinajstić information content (AvgIpc) is 3.32. The summed E-state index contributed by atoms with van der Waals surface area (Å²) in [6.45, 7) is 6.34. The zero-order chi connectivity index (χ0) is 18.5. The lowest BCUT2D eigenvalue weighted by Crippen LogP contribution is -2.41. The maximum Gasteiger partial charge on any atom is 0.313 e. The molecule has 138 valence electrons. The fourth-order valence-electron chi connectivity index (χ4n) is 3.43. The van der Waals surface area contributed by atoms with Crippen LogP contribution in [0.2, 0.25) is 0 Å². The summed E-state index contributed by atoms with van der Waals surface area (Å²) >= 11 is 1.65. The van der Waals surface area contributed by atoms with E-state index < -0.39 is 11.8 Å². The van der Waals surface area contributed by atoms with Gasteiger partial charge in [0.15, 0.2) is 0 Å². The van der Waals surface area contributed by atoms with Gasteiger partial charge in [-0.3, -0.25) is 14.5 Å². The van der Waals surface area contributed by atoms with Gasteiger partial charge in [-0.05, 0) is 73.3 Å². The van der Waals surface area contributed by atoms with E-state index in [9.17, 15) is 9.59 Å². The van der Waals surface area contributed by atoms with E-state index in [0.717, 1.165) is 24.2 Å². The number of rotatable bonds is 5. The Morgan fingerprint density at radius 1 is 1.12 bits per heavy atom. The van der Waals surface area contributed by atoms with E-state index in [1.54, 1.807) is 11.3 Å². The summed E-state index contributed by atoms with van der Waals surface area (Å²) in [6.07, 6.45) is 2.36. The number of para-hydroxylation sites is 1. The molecule has 0 spiro atoms. The van der Waals surface area contributed by atoms with Crippen molar-refractivity contribution in [3.8, 4) is 0 Å². The Labute approximate surface area is 158 Å². The van der Waals surface area contributed by atoms with Crippen molar-refractivity contribution in [2.45, 2.75) is 32.7 Å². The van der Waals surface area contributed by atoms with Crippen molar-refractivity contribution in [3.05, 3.63) is 51.7 Å². The Kier molecular flexibility index (Phi) is 6.06. The van der Waals surface area contributed by atoms with Crippen molar-refractivity contribution in [3.63, 3.8) is 0 Å². The molecular weight excluding hydrogens is 346 g/mol. The lowest BCUT2D eigenvalue weighted by molar-refractivity contribution is -0.136. The zero-order valence-electron chi connectivity index (χ0n) is 15.2. The minimum atomic E-state index is -0.618. The van der Waals surface area contributed by atoms with E-state index in [-0.39, 0.29) is 6.04 Å². The van der Waals surface area contributed by atoms with Gasteiger partial charge >= 0.3 is 11.8 Å². The fourth-order valence-corrected chi connectivity index (χ4v) is 4.13. The van der Waals surface area contributed by atoms with Crippen LogP contribution in [0, 0.1) is 13.8 Å². The largest absolute Gasteiger partial charge is 0.346 e. The molecule has 26 heavy (non-hydrogen) atoms. The highest BCUT2D eigenvalue weighted by atomic mass is 32.1. The number of nitrogens with zero attached hydrogens (tertiary/aromatic N) is 1. The van der Waals surface area contributed by atoms with Gasteiger partial charge in [0, 0.05) is 12.2 Å². The molecule has 5 nitrogen and oxygen atoms in total. The van der Waals surface area contributed by atoms with Crippen LogP contribution in [0.5, 0.6) is 0 Å². The smallest absolute Gasteiger partial charge is 0.313 e. The number of hydrogen-bond donors (Lipinski definition) is 2. The van der Waals surface area contributed by atoms with Crippen molar-refractivity contribution < 1.29 is 9.59 Å².